The maximum absolute atomic E-state index is 12.2. The van der Waals surface area contributed by atoms with Crippen molar-refractivity contribution in [3.05, 3.63) is 63.1 Å². The normalized spacial score (nSPS) is 13.7. The van der Waals surface area contributed by atoms with E-state index in [1.807, 2.05) is 19.1 Å². The third kappa shape index (κ3) is 2.21. The van der Waals surface area contributed by atoms with Crippen LogP contribution in [0, 0.1) is 18.3 Å². The Bertz CT molecular complexity index is 799. The van der Waals surface area contributed by atoms with Gasteiger partial charge in [0.15, 0.2) is 0 Å². The van der Waals surface area contributed by atoms with Crippen molar-refractivity contribution in [1.29, 1.82) is 5.26 Å². The second-order valence-electron chi connectivity index (χ2n) is 5.46. The highest BCUT2D eigenvalue weighted by molar-refractivity contribution is 5.60. The van der Waals surface area contributed by atoms with E-state index in [9.17, 15) is 10.1 Å². The first kappa shape index (κ1) is 13.4. The molecule has 1 aromatic heterocycles. The van der Waals surface area contributed by atoms with Crippen LogP contribution in [0.3, 0.4) is 0 Å². The molecule has 1 aromatic carbocycles. The van der Waals surface area contributed by atoms with E-state index in [0.29, 0.717) is 0 Å². The molecule has 1 aliphatic rings. The van der Waals surface area contributed by atoms with Crippen molar-refractivity contribution in [2.45, 2.75) is 19.9 Å². The van der Waals surface area contributed by atoms with Gasteiger partial charge in [0.25, 0.3) is 5.56 Å². The van der Waals surface area contributed by atoms with Crippen LogP contribution >= 0.6 is 0 Å². The standard InChI is InChI=1S/C17H17N3O/c1-12-9-16(15(10-18)17(21)19(12)2)20-8-7-13-5-3-4-6-14(13)11-20/h3-6,9H,7-8,11H2,1-2H3. The highest BCUT2D eigenvalue weighted by Crippen LogP contribution is 2.26. The molecule has 3 rings (SSSR count). The van der Waals surface area contributed by atoms with E-state index in [0.717, 1.165) is 30.9 Å². The van der Waals surface area contributed by atoms with Gasteiger partial charge in [0.2, 0.25) is 0 Å². The Morgan fingerprint density at radius 3 is 2.67 bits per heavy atom. The Hall–Kier alpha value is -2.54. The Balaban J connectivity index is 2.07. The summed E-state index contributed by atoms with van der Waals surface area (Å²) in [4.78, 5) is 14.4. The first-order chi connectivity index (χ1) is 10.1. The zero-order chi connectivity index (χ0) is 15.0. The van der Waals surface area contributed by atoms with Gasteiger partial charge in [0.05, 0.1) is 5.69 Å². The summed E-state index contributed by atoms with van der Waals surface area (Å²) >= 11 is 0. The molecular formula is C17H17N3O. The summed E-state index contributed by atoms with van der Waals surface area (Å²) < 4.78 is 1.53. The van der Waals surface area contributed by atoms with Gasteiger partial charge in [-0.05, 0) is 30.5 Å². The quantitative estimate of drug-likeness (QED) is 0.803. The van der Waals surface area contributed by atoms with Crippen LogP contribution < -0.4 is 10.5 Å². The van der Waals surface area contributed by atoms with Crippen LogP contribution in [0.5, 0.6) is 0 Å². The van der Waals surface area contributed by atoms with Gasteiger partial charge in [0, 0.05) is 25.8 Å². The third-order valence-electron chi connectivity index (χ3n) is 4.23. The molecule has 0 bridgehead atoms. The van der Waals surface area contributed by atoms with Gasteiger partial charge >= 0.3 is 0 Å². The number of fused-ring (bicyclic) bond motifs is 1. The number of anilines is 1. The summed E-state index contributed by atoms with van der Waals surface area (Å²) in [5.41, 5.74) is 4.27. The van der Waals surface area contributed by atoms with Crippen LogP contribution in [0.25, 0.3) is 0 Å². The minimum absolute atomic E-state index is 0.216. The van der Waals surface area contributed by atoms with E-state index in [1.165, 1.54) is 15.7 Å². The second-order valence-corrected chi connectivity index (χ2v) is 5.46. The van der Waals surface area contributed by atoms with Crippen molar-refractivity contribution < 1.29 is 0 Å². The van der Waals surface area contributed by atoms with Crippen molar-refractivity contribution in [2.75, 3.05) is 11.4 Å². The van der Waals surface area contributed by atoms with Gasteiger partial charge in [-0.15, -0.1) is 0 Å². The van der Waals surface area contributed by atoms with E-state index >= 15 is 0 Å². The van der Waals surface area contributed by atoms with E-state index < -0.39 is 0 Å². The van der Waals surface area contributed by atoms with E-state index in [1.54, 1.807) is 7.05 Å². The average Bonchev–Trinajstić information content (AvgIpc) is 2.52. The van der Waals surface area contributed by atoms with Crippen LogP contribution in [0.4, 0.5) is 5.69 Å². The lowest BCUT2D eigenvalue weighted by Gasteiger charge is -2.31. The molecule has 0 radical (unpaired) electrons. The van der Waals surface area contributed by atoms with Crippen LogP contribution in [-0.2, 0) is 20.0 Å². The molecule has 4 heteroatoms. The molecule has 0 N–H and O–H groups in total. The first-order valence-corrected chi connectivity index (χ1v) is 7.04. The van der Waals surface area contributed by atoms with Gasteiger partial charge in [-0.25, -0.2) is 0 Å². The number of hydrogen-bond acceptors (Lipinski definition) is 3. The summed E-state index contributed by atoms with van der Waals surface area (Å²) in [7, 11) is 1.70. The topological polar surface area (TPSA) is 49.0 Å². The SMILES string of the molecule is Cc1cc(N2CCc3ccccc3C2)c(C#N)c(=O)n1C. The van der Waals surface area contributed by atoms with Crippen LogP contribution in [-0.4, -0.2) is 11.1 Å². The van der Waals surface area contributed by atoms with Gasteiger partial charge in [-0.1, -0.05) is 24.3 Å². The lowest BCUT2D eigenvalue weighted by molar-refractivity contribution is 0.722. The summed E-state index contributed by atoms with van der Waals surface area (Å²) in [6.45, 7) is 3.47. The number of nitrogens with zero attached hydrogens (tertiary/aromatic N) is 3. The molecule has 21 heavy (non-hydrogen) atoms. The Morgan fingerprint density at radius 2 is 1.95 bits per heavy atom. The molecular weight excluding hydrogens is 262 g/mol. The minimum Gasteiger partial charge on any atom is -0.366 e. The zero-order valence-corrected chi connectivity index (χ0v) is 12.3. The molecule has 106 valence electrons. The summed E-state index contributed by atoms with van der Waals surface area (Å²) in [5.74, 6) is 0. The summed E-state index contributed by atoms with van der Waals surface area (Å²) in [5, 5.41) is 9.35. The molecule has 1 aliphatic heterocycles. The van der Waals surface area contributed by atoms with Crippen molar-refractivity contribution in [3.8, 4) is 6.07 Å². The van der Waals surface area contributed by atoms with E-state index in [-0.39, 0.29) is 11.1 Å². The number of benzene rings is 1. The molecule has 0 fully saturated rings. The Kier molecular flexibility index (Phi) is 3.26. The largest absolute Gasteiger partial charge is 0.366 e. The highest BCUT2D eigenvalue weighted by atomic mass is 16.1. The maximum atomic E-state index is 12.2. The molecule has 0 unspecified atom stereocenters. The van der Waals surface area contributed by atoms with Gasteiger partial charge < -0.3 is 9.47 Å². The summed E-state index contributed by atoms with van der Waals surface area (Å²) in [6, 6.07) is 12.4. The third-order valence-corrected chi connectivity index (χ3v) is 4.23. The van der Waals surface area contributed by atoms with Gasteiger partial charge in [-0.3, -0.25) is 4.79 Å². The highest BCUT2D eigenvalue weighted by Gasteiger charge is 2.21. The second kappa shape index (κ2) is 5.10. The Morgan fingerprint density at radius 1 is 1.24 bits per heavy atom. The molecule has 2 heterocycles. The maximum Gasteiger partial charge on any atom is 0.270 e. The molecule has 0 amide bonds. The van der Waals surface area contributed by atoms with Crippen LogP contribution in [0.2, 0.25) is 0 Å². The smallest absolute Gasteiger partial charge is 0.270 e. The molecule has 0 atom stereocenters. The summed E-state index contributed by atoms with van der Waals surface area (Å²) in [6.07, 6.45) is 0.940. The van der Waals surface area contributed by atoms with Crippen molar-refractivity contribution in [3.63, 3.8) is 0 Å². The number of aromatic nitrogens is 1. The number of nitriles is 1. The predicted molar refractivity (Wildman–Crippen MR) is 82.3 cm³/mol. The number of hydrogen-bond donors (Lipinski definition) is 0. The Labute approximate surface area is 123 Å². The number of aryl methyl sites for hydroxylation is 1. The molecule has 4 nitrogen and oxygen atoms in total. The van der Waals surface area contributed by atoms with E-state index in [2.05, 4.69) is 29.2 Å². The van der Waals surface area contributed by atoms with Crippen molar-refractivity contribution in [2.24, 2.45) is 7.05 Å². The molecule has 0 spiro atoms. The van der Waals surface area contributed by atoms with Crippen LogP contribution in [0.15, 0.2) is 35.1 Å². The molecule has 0 aliphatic carbocycles. The fourth-order valence-corrected chi connectivity index (χ4v) is 2.86. The zero-order valence-electron chi connectivity index (χ0n) is 12.3. The monoisotopic (exact) mass is 279 g/mol. The fraction of sp³-hybridized carbons (Fsp3) is 0.294. The van der Waals surface area contributed by atoms with Gasteiger partial charge in [0.1, 0.15) is 11.6 Å². The van der Waals surface area contributed by atoms with Gasteiger partial charge in [-0.2, -0.15) is 5.26 Å². The average molecular weight is 279 g/mol. The van der Waals surface area contributed by atoms with Crippen LogP contribution in [0.1, 0.15) is 22.4 Å². The number of pyridine rings is 1. The fourth-order valence-electron chi connectivity index (χ4n) is 2.86. The number of rotatable bonds is 1. The van der Waals surface area contributed by atoms with Crippen molar-refractivity contribution in [1.82, 2.24) is 4.57 Å². The minimum atomic E-state index is -0.216. The predicted octanol–water partition coefficient (Wildman–Crippen LogP) is 2.13. The molecule has 2 aromatic rings. The molecule has 0 saturated carbocycles. The lowest BCUT2D eigenvalue weighted by atomic mass is 9.99. The lowest BCUT2D eigenvalue weighted by Crippen LogP contribution is -2.34. The van der Waals surface area contributed by atoms with Crippen molar-refractivity contribution >= 4 is 5.69 Å². The first-order valence-electron chi connectivity index (χ1n) is 7.04. The molecule has 0 saturated heterocycles. The van der Waals surface area contributed by atoms with E-state index in [4.69, 9.17) is 0 Å².